The van der Waals surface area contributed by atoms with Crippen molar-refractivity contribution in [2.75, 3.05) is 5.32 Å². The van der Waals surface area contributed by atoms with E-state index in [1.165, 1.54) is 21.8 Å². The van der Waals surface area contributed by atoms with Crippen LogP contribution in [0.3, 0.4) is 0 Å². The lowest BCUT2D eigenvalue weighted by molar-refractivity contribution is -0.115. The summed E-state index contributed by atoms with van der Waals surface area (Å²) in [5.41, 5.74) is 3.26. The van der Waals surface area contributed by atoms with Gasteiger partial charge in [0.05, 0.1) is 17.3 Å². The van der Waals surface area contributed by atoms with E-state index in [-0.39, 0.29) is 11.2 Å². The molecule has 144 valence electrons. The number of carbonyl (C=O) groups is 1. The minimum Gasteiger partial charge on any atom is -0.468 e. The van der Waals surface area contributed by atoms with Gasteiger partial charge in [0.1, 0.15) is 5.76 Å². The van der Waals surface area contributed by atoms with Crippen molar-refractivity contribution in [1.82, 2.24) is 4.57 Å². The van der Waals surface area contributed by atoms with Crippen LogP contribution in [0.25, 0.3) is 21.8 Å². The molecule has 5 heteroatoms. The van der Waals surface area contributed by atoms with Crippen molar-refractivity contribution < 1.29 is 9.21 Å². The minimum absolute atomic E-state index is 0.0395. The maximum Gasteiger partial charge on any atom is 0.237 e. The number of benzene rings is 2. The van der Waals surface area contributed by atoms with E-state index >= 15 is 0 Å². The summed E-state index contributed by atoms with van der Waals surface area (Å²) in [5, 5.41) is 5.38. The molecular formula is C23H24N2O2S. The Balaban J connectivity index is 1.57. The Morgan fingerprint density at radius 3 is 2.64 bits per heavy atom. The molecule has 0 aliphatic rings. The average Bonchev–Trinajstić information content (AvgIpc) is 3.34. The smallest absolute Gasteiger partial charge is 0.237 e. The fourth-order valence-electron chi connectivity index (χ4n) is 3.65. The van der Waals surface area contributed by atoms with E-state index in [4.69, 9.17) is 4.42 Å². The SMILES string of the molecule is CCC(SCc1ccco1)C(=O)Nc1ccc2c(c1)c1ccccc1n2CC. The lowest BCUT2D eigenvalue weighted by Crippen LogP contribution is -2.24. The molecule has 4 nitrogen and oxygen atoms in total. The van der Waals surface area contributed by atoms with Crippen LogP contribution in [0, 0.1) is 0 Å². The number of aryl methyl sites for hydroxylation is 1. The van der Waals surface area contributed by atoms with E-state index in [0.29, 0.717) is 5.75 Å². The number of hydrogen-bond acceptors (Lipinski definition) is 3. The van der Waals surface area contributed by atoms with Crippen LogP contribution in [-0.4, -0.2) is 15.7 Å². The number of rotatable bonds is 7. The molecule has 4 aromatic rings. The lowest BCUT2D eigenvalue weighted by Gasteiger charge is -2.14. The van der Waals surface area contributed by atoms with Crippen molar-refractivity contribution in [2.24, 2.45) is 0 Å². The molecule has 0 aliphatic carbocycles. The highest BCUT2D eigenvalue weighted by Gasteiger charge is 2.18. The van der Waals surface area contributed by atoms with Crippen LogP contribution in [0.1, 0.15) is 26.0 Å². The van der Waals surface area contributed by atoms with E-state index in [0.717, 1.165) is 24.4 Å². The zero-order valence-corrected chi connectivity index (χ0v) is 17.0. The number of anilines is 1. The molecule has 1 amide bonds. The number of hydrogen-bond donors (Lipinski definition) is 1. The number of carbonyl (C=O) groups excluding carboxylic acids is 1. The second-order valence-electron chi connectivity index (χ2n) is 6.77. The summed E-state index contributed by atoms with van der Waals surface area (Å²) in [6.45, 7) is 5.11. The number of furan rings is 1. The molecule has 2 heterocycles. The van der Waals surface area contributed by atoms with Gasteiger partial charge < -0.3 is 14.3 Å². The van der Waals surface area contributed by atoms with Gasteiger partial charge >= 0.3 is 0 Å². The van der Waals surface area contributed by atoms with Gasteiger partial charge in [0.2, 0.25) is 5.91 Å². The van der Waals surface area contributed by atoms with Gasteiger partial charge in [-0.3, -0.25) is 4.79 Å². The van der Waals surface area contributed by atoms with Crippen LogP contribution in [0.4, 0.5) is 5.69 Å². The van der Waals surface area contributed by atoms with Gasteiger partial charge in [-0.05, 0) is 49.7 Å². The van der Waals surface area contributed by atoms with E-state index in [1.807, 2.05) is 25.1 Å². The summed E-state index contributed by atoms with van der Waals surface area (Å²) in [5.74, 6) is 1.63. The highest BCUT2D eigenvalue weighted by atomic mass is 32.2. The molecule has 4 rings (SSSR count). The van der Waals surface area contributed by atoms with Gasteiger partial charge in [-0.15, -0.1) is 11.8 Å². The first-order valence-corrected chi connectivity index (χ1v) is 10.7. The van der Waals surface area contributed by atoms with Gasteiger partial charge in [0.15, 0.2) is 0 Å². The topological polar surface area (TPSA) is 47.2 Å². The number of para-hydroxylation sites is 1. The third kappa shape index (κ3) is 3.54. The zero-order valence-electron chi connectivity index (χ0n) is 16.1. The molecule has 28 heavy (non-hydrogen) atoms. The second kappa shape index (κ2) is 8.15. The summed E-state index contributed by atoms with van der Waals surface area (Å²) < 4.78 is 7.68. The molecule has 2 aromatic heterocycles. The van der Waals surface area contributed by atoms with E-state index in [2.05, 4.69) is 53.2 Å². The molecule has 1 unspecified atom stereocenters. The number of amides is 1. The van der Waals surface area contributed by atoms with Crippen molar-refractivity contribution in [1.29, 1.82) is 0 Å². The number of aromatic nitrogens is 1. The predicted molar refractivity (Wildman–Crippen MR) is 118 cm³/mol. The summed E-state index contributed by atoms with van der Waals surface area (Å²) in [6.07, 6.45) is 2.44. The molecule has 0 fully saturated rings. The van der Waals surface area contributed by atoms with Crippen LogP contribution in [0.15, 0.2) is 65.3 Å². The molecular weight excluding hydrogens is 368 g/mol. The van der Waals surface area contributed by atoms with Gasteiger partial charge in [0.25, 0.3) is 0 Å². The minimum atomic E-state index is -0.113. The quantitative estimate of drug-likeness (QED) is 0.416. The standard InChI is InChI=1S/C23H24N2O2S/c1-3-22(28-15-17-8-7-13-27-17)23(26)24-16-11-12-21-19(14-16)18-9-5-6-10-20(18)25(21)4-2/h5-14,22H,3-4,15H2,1-2H3,(H,24,26). The monoisotopic (exact) mass is 392 g/mol. The van der Waals surface area contributed by atoms with Crippen LogP contribution in [-0.2, 0) is 17.1 Å². The van der Waals surface area contributed by atoms with Crippen molar-refractivity contribution in [3.63, 3.8) is 0 Å². The third-order valence-electron chi connectivity index (χ3n) is 5.03. The summed E-state index contributed by atoms with van der Waals surface area (Å²) in [7, 11) is 0. The maximum atomic E-state index is 12.8. The maximum absolute atomic E-state index is 12.8. The van der Waals surface area contributed by atoms with E-state index < -0.39 is 0 Å². The van der Waals surface area contributed by atoms with Crippen molar-refractivity contribution in [3.05, 3.63) is 66.6 Å². The third-order valence-corrected chi connectivity index (χ3v) is 6.43. The number of thioether (sulfide) groups is 1. The van der Waals surface area contributed by atoms with E-state index in [9.17, 15) is 4.79 Å². The van der Waals surface area contributed by atoms with Crippen LogP contribution < -0.4 is 5.32 Å². The first-order chi connectivity index (χ1) is 13.7. The molecule has 0 bridgehead atoms. The molecule has 0 radical (unpaired) electrons. The molecule has 1 atom stereocenters. The Labute approximate surface area is 168 Å². The molecule has 0 spiro atoms. The first-order valence-electron chi connectivity index (χ1n) is 9.67. The molecule has 2 aromatic carbocycles. The number of nitrogens with one attached hydrogen (secondary N) is 1. The molecule has 0 saturated heterocycles. The Bertz CT molecular complexity index is 1100. The Morgan fingerprint density at radius 2 is 1.89 bits per heavy atom. The lowest BCUT2D eigenvalue weighted by atomic mass is 10.1. The van der Waals surface area contributed by atoms with Crippen molar-refractivity contribution in [2.45, 2.75) is 37.8 Å². The van der Waals surface area contributed by atoms with Gasteiger partial charge in [0, 0.05) is 34.0 Å². The van der Waals surface area contributed by atoms with Gasteiger partial charge in [-0.1, -0.05) is 25.1 Å². The zero-order chi connectivity index (χ0) is 19.5. The summed E-state index contributed by atoms with van der Waals surface area (Å²) in [4.78, 5) is 12.8. The first kappa shape index (κ1) is 18.7. The van der Waals surface area contributed by atoms with Gasteiger partial charge in [-0.2, -0.15) is 0 Å². The van der Waals surface area contributed by atoms with Crippen LogP contribution >= 0.6 is 11.8 Å². The average molecular weight is 393 g/mol. The molecule has 1 N–H and O–H groups in total. The van der Waals surface area contributed by atoms with E-state index in [1.54, 1.807) is 18.0 Å². The Morgan fingerprint density at radius 1 is 1.07 bits per heavy atom. The van der Waals surface area contributed by atoms with Crippen molar-refractivity contribution in [3.8, 4) is 0 Å². The number of nitrogens with zero attached hydrogens (tertiary/aromatic N) is 1. The fourth-order valence-corrected chi connectivity index (χ4v) is 4.63. The normalized spacial score (nSPS) is 12.5. The van der Waals surface area contributed by atoms with Crippen LogP contribution in [0.2, 0.25) is 0 Å². The Hall–Kier alpha value is -2.66. The predicted octanol–water partition coefficient (Wildman–Crippen LogP) is 6.06. The fraction of sp³-hybridized carbons (Fsp3) is 0.261. The second-order valence-corrected chi connectivity index (χ2v) is 7.96. The summed E-state index contributed by atoms with van der Waals surface area (Å²) in [6, 6.07) is 18.4. The highest BCUT2D eigenvalue weighted by Crippen LogP contribution is 2.31. The highest BCUT2D eigenvalue weighted by molar-refractivity contribution is 7.99. The largest absolute Gasteiger partial charge is 0.468 e. The van der Waals surface area contributed by atoms with Crippen molar-refractivity contribution >= 4 is 45.2 Å². The molecule has 0 saturated carbocycles. The van der Waals surface area contributed by atoms with Gasteiger partial charge in [-0.25, -0.2) is 0 Å². The Kier molecular flexibility index (Phi) is 5.44. The molecule has 0 aliphatic heterocycles. The number of fused-ring (bicyclic) bond motifs is 3. The summed E-state index contributed by atoms with van der Waals surface area (Å²) >= 11 is 1.61. The van der Waals surface area contributed by atoms with Crippen LogP contribution in [0.5, 0.6) is 0 Å².